The number of hydrazine groups is 1. The number of carbonyl (C=O) groups excluding carboxylic acids is 1. The number of carbonyl (C=O) groups is 1. The second-order valence-electron chi connectivity index (χ2n) is 5.87. The second-order valence-corrected chi connectivity index (χ2v) is 5.87. The van der Waals surface area contributed by atoms with Crippen LogP contribution in [0.4, 0.5) is 0 Å². The third kappa shape index (κ3) is 4.07. The molecule has 5 heteroatoms. The van der Waals surface area contributed by atoms with Crippen LogP contribution in [0.15, 0.2) is 59.7 Å². The number of hydrogen-bond acceptors (Lipinski definition) is 4. The first kappa shape index (κ1) is 16.4. The zero-order valence-electron chi connectivity index (χ0n) is 13.7. The van der Waals surface area contributed by atoms with E-state index in [1.54, 1.807) is 6.21 Å². The van der Waals surface area contributed by atoms with Crippen molar-refractivity contribution < 1.29 is 4.79 Å². The number of rotatable bonds is 5. The fourth-order valence-electron chi connectivity index (χ4n) is 2.72. The number of benzene rings is 2. The standard InChI is InChI=1S/C19H22N4O/c1-2-14-8-10-16(11-9-14)17-12-18(22-21-17)19(24)23-20-13-15-6-4-3-5-7-15/h3-11,13,17-18,21-22H,2,12H2,1H3,(H,23,24)/b20-13+. The van der Waals surface area contributed by atoms with Gasteiger partial charge >= 0.3 is 0 Å². The van der Waals surface area contributed by atoms with Crippen LogP contribution >= 0.6 is 0 Å². The molecule has 0 radical (unpaired) electrons. The largest absolute Gasteiger partial charge is 0.271 e. The van der Waals surface area contributed by atoms with Gasteiger partial charge in [0.1, 0.15) is 6.04 Å². The highest BCUT2D eigenvalue weighted by atomic mass is 16.2. The smallest absolute Gasteiger partial charge is 0.258 e. The quantitative estimate of drug-likeness (QED) is 0.584. The molecule has 2 aromatic carbocycles. The molecule has 24 heavy (non-hydrogen) atoms. The third-order valence-electron chi connectivity index (χ3n) is 4.20. The minimum absolute atomic E-state index is 0.129. The van der Waals surface area contributed by atoms with E-state index in [2.05, 4.69) is 52.6 Å². The molecule has 3 rings (SSSR count). The van der Waals surface area contributed by atoms with Gasteiger partial charge in [-0.3, -0.25) is 4.79 Å². The Morgan fingerprint density at radius 2 is 1.92 bits per heavy atom. The molecule has 1 amide bonds. The van der Waals surface area contributed by atoms with Crippen molar-refractivity contribution in [3.63, 3.8) is 0 Å². The number of hydrogen-bond donors (Lipinski definition) is 3. The Morgan fingerprint density at radius 1 is 1.17 bits per heavy atom. The summed E-state index contributed by atoms with van der Waals surface area (Å²) >= 11 is 0. The van der Waals surface area contributed by atoms with Crippen LogP contribution in [0.5, 0.6) is 0 Å². The Morgan fingerprint density at radius 3 is 2.62 bits per heavy atom. The molecule has 2 aromatic rings. The summed E-state index contributed by atoms with van der Waals surface area (Å²) in [6, 6.07) is 18.0. The van der Waals surface area contributed by atoms with Crippen molar-refractivity contribution in [3.8, 4) is 0 Å². The molecule has 1 heterocycles. The van der Waals surface area contributed by atoms with Gasteiger partial charge in [0, 0.05) is 6.04 Å². The van der Waals surface area contributed by atoms with Gasteiger partial charge in [0.15, 0.2) is 0 Å². The minimum Gasteiger partial charge on any atom is -0.271 e. The zero-order chi connectivity index (χ0) is 16.8. The van der Waals surface area contributed by atoms with Crippen LogP contribution in [0, 0.1) is 0 Å². The fourth-order valence-corrected chi connectivity index (χ4v) is 2.72. The number of hydrazone groups is 1. The van der Waals surface area contributed by atoms with E-state index in [9.17, 15) is 4.79 Å². The maximum Gasteiger partial charge on any atom is 0.258 e. The van der Waals surface area contributed by atoms with Crippen LogP contribution in [0.25, 0.3) is 0 Å². The van der Waals surface area contributed by atoms with Gasteiger partial charge in [-0.05, 0) is 29.5 Å². The van der Waals surface area contributed by atoms with E-state index < -0.39 is 0 Å². The SMILES string of the molecule is CCc1ccc(C2CC(C(=O)N/N=C/c3ccccc3)NN2)cc1. The molecule has 124 valence electrons. The normalized spacial score (nSPS) is 20.4. The van der Waals surface area contributed by atoms with Crippen LogP contribution in [0.1, 0.15) is 36.1 Å². The van der Waals surface area contributed by atoms with E-state index in [-0.39, 0.29) is 18.0 Å². The lowest BCUT2D eigenvalue weighted by Gasteiger charge is -2.10. The first-order valence-corrected chi connectivity index (χ1v) is 8.24. The molecule has 0 spiro atoms. The van der Waals surface area contributed by atoms with E-state index in [0.29, 0.717) is 6.42 Å². The molecular weight excluding hydrogens is 300 g/mol. The minimum atomic E-state index is -0.297. The third-order valence-corrected chi connectivity index (χ3v) is 4.20. The predicted molar refractivity (Wildman–Crippen MR) is 95.4 cm³/mol. The predicted octanol–water partition coefficient (Wildman–Crippen LogP) is 2.31. The van der Waals surface area contributed by atoms with Crippen molar-refractivity contribution in [1.29, 1.82) is 0 Å². The summed E-state index contributed by atoms with van der Waals surface area (Å²) in [5, 5.41) is 4.01. The van der Waals surface area contributed by atoms with Crippen molar-refractivity contribution in [2.75, 3.05) is 0 Å². The zero-order valence-corrected chi connectivity index (χ0v) is 13.7. The number of nitrogens with zero attached hydrogens (tertiary/aromatic N) is 1. The lowest BCUT2D eigenvalue weighted by atomic mass is 10.00. The topological polar surface area (TPSA) is 65.5 Å². The average molecular weight is 322 g/mol. The fraction of sp³-hybridized carbons (Fsp3) is 0.263. The van der Waals surface area contributed by atoms with Crippen molar-refractivity contribution in [2.24, 2.45) is 5.10 Å². The molecule has 3 N–H and O–H groups in total. The second kappa shape index (κ2) is 7.86. The number of amides is 1. The van der Waals surface area contributed by atoms with Crippen molar-refractivity contribution >= 4 is 12.1 Å². The molecule has 0 aliphatic carbocycles. The molecule has 0 saturated carbocycles. The Labute approximate surface area is 142 Å². The van der Waals surface area contributed by atoms with Gasteiger partial charge in [0.05, 0.1) is 6.21 Å². The van der Waals surface area contributed by atoms with Gasteiger partial charge in [0.2, 0.25) is 0 Å². The number of aryl methyl sites for hydroxylation is 1. The Hall–Kier alpha value is -2.50. The van der Waals surface area contributed by atoms with Gasteiger partial charge in [-0.25, -0.2) is 16.3 Å². The van der Waals surface area contributed by atoms with Crippen LogP contribution in [0.2, 0.25) is 0 Å². The van der Waals surface area contributed by atoms with Crippen LogP contribution in [-0.4, -0.2) is 18.2 Å². The van der Waals surface area contributed by atoms with Crippen molar-refractivity contribution in [3.05, 3.63) is 71.3 Å². The summed E-state index contributed by atoms with van der Waals surface area (Å²) in [6.45, 7) is 2.14. The van der Waals surface area contributed by atoms with Crippen LogP contribution in [0.3, 0.4) is 0 Å². The number of nitrogens with one attached hydrogen (secondary N) is 3. The van der Waals surface area contributed by atoms with Crippen LogP contribution < -0.4 is 16.3 Å². The van der Waals surface area contributed by atoms with E-state index in [4.69, 9.17) is 0 Å². The van der Waals surface area contributed by atoms with E-state index in [0.717, 1.165) is 12.0 Å². The molecular formula is C19H22N4O. The van der Waals surface area contributed by atoms with Gasteiger partial charge < -0.3 is 0 Å². The Bertz CT molecular complexity index is 697. The Kier molecular flexibility index (Phi) is 5.36. The van der Waals surface area contributed by atoms with Crippen molar-refractivity contribution in [1.82, 2.24) is 16.3 Å². The summed E-state index contributed by atoms with van der Waals surface area (Å²) in [6.07, 6.45) is 3.36. The molecule has 1 fully saturated rings. The van der Waals surface area contributed by atoms with E-state index in [1.165, 1.54) is 11.1 Å². The molecule has 1 saturated heterocycles. The summed E-state index contributed by atoms with van der Waals surface area (Å²) < 4.78 is 0. The van der Waals surface area contributed by atoms with E-state index in [1.807, 2.05) is 30.3 Å². The highest BCUT2D eigenvalue weighted by molar-refractivity contribution is 5.85. The van der Waals surface area contributed by atoms with Gasteiger partial charge in [-0.1, -0.05) is 61.5 Å². The maximum absolute atomic E-state index is 12.2. The lowest BCUT2D eigenvalue weighted by molar-refractivity contribution is -0.122. The van der Waals surface area contributed by atoms with Gasteiger partial charge in [0.25, 0.3) is 5.91 Å². The first-order chi connectivity index (χ1) is 11.8. The highest BCUT2D eigenvalue weighted by Gasteiger charge is 2.29. The van der Waals surface area contributed by atoms with Crippen LogP contribution in [-0.2, 0) is 11.2 Å². The molecule has 1 aliphatic heterocycles. The molecule has 2 atom stereocenters. The molecule has 0 bridgehead atoms. The summed E-state index contributed by atoms with van der Waals surface area (Å²) in [5.41, 5.74) is 12.3. The monoisotopic (exact) mass is 322 g/mol. The van der Waals surface area contributed by atoms with E-state index >= 15 is 0 Å². The molecule has 2 unspecified atom stereocenters. The molecule has 1 aliphatic rings. The van der Waals surface area contributed by atoms with Crippen molar-refractivity contribution in [2.45, 2.75) is 31.8 Å². The Balaban J connectivity index is 1.53. The molecule has 0 aromatic heterocycles. The van der Waals surface area contributed by atoms with Gasteiger partial charge in [-0.2, -0.15) is 5.10 Å². The van der Waals surface area contributed by atoms with Gasteiger partial charge in [-0.15, -0.1) is 0 Å². The maximum atomic E-state index is 12.2. The summed E-state index contributed by atoms with van der Waals surface area (Å²) in [4.78, 5) is 12.2. The first-order valence-electron chi connectivity index (χ1n) is 8.24. The summed E-state index contributed by atoms with van der Waals surface area (Å²) in [5.74, 6) is -0.137. The lowest BCUT2D eigenvalue weighted by Crippen LogP contribution is -2.41. The highest BCUT2D eigenvalue weighted by Crippen LogP contribution is 2.22. The molecule has 5 nitrogen and oxygen atoms in total. The summed E-state index contributed by atoms with van der Waals surface area (Å²) in [7, 11) is 0. The average Bonchev–Trinajstić information content (AvgIpc) is 3.13.